The quantitative estimate of drug-likeness (QED) is 0.798. The Kier molecular flexibility index (Phi) is 4.82. The van der Waals surface area contributed by atoms with Gasteiger partial charge in [-0.15, -0.1) is 0 Å². The van der Waals surface area contributed by atoms with Crippen LogP contribution in [-0.2, 0) is 11.2 Å². The third-order valence-electron chi connectivity index (χ3n) is 2.69. The molecule has 0 bridgehead atoms. The molecule has 0 radical (unpaired) electrons. The van der Waals surface area contributed by atoms with Gasteiger partial charge >= 0.3 is 5.97 Å². The van der Waals surface area contributed by atoms with Gasteiger partial charge < -0.3 is 14.9 Å². The lowest BCUT2D eigenvalue weighted by Crippen LogP contribution is -2.15. The molecule has 1 rings (SSSR count). The molecule has 0 aliphatic rings. The molecule has 94 valence electrons. The van der Waals surface area contributed by atoms with Gasteiger partial charge in [0.05, 0.1) is 12.5 Å². The van der Waals surface area contributed by atoms with E-state index >= 15 is 0 Å². The maximum absolute atomic E-state index is 10.9. The van der Waals surface area contributed by atoms with Crippen LogP contribution in [0.2, 0.25) is 0 Å². The number of hydrogen-bond donors (Lipinski definition) is 2. The van der Waals surface area contributed by atoms with Crippen molar-refractivity contribution in [3.8, 4) is 11.5 Å². The second-order valence-corrected chi connectivity index (χ2v) is 3.84. The van der Waals surface area contributed by atoms with Crippen molar-refractivity contribution in [2.45, 2.75) is 26.7 Å². The van der Waals surface area contributed by atoms with Crippen LogP contribution in [-0.4, -0.2) is 22.8 Å². The lowest BCUT2D eigenvalue weighted by atomic mass is 9.96. The molecule has 0 saturated heterocycles. The molecule has 0 aliphatic carbocycles. The summed E-state index contributed by atoms with van der Waals surface area (Å²) in [5.74, 6) is -0.856. The van der Waals surface area contributed by atoms with E-state index in [2.05, 4.69) is 0 Å². The fourth-order valence-corrected chi connectivity index (χ4v) is 1.68. The Hall–Kier alpha value is -1.71. The molecule has 1 unspecified atom stereocenters. The maximum atomic E-state index is 10.9. The highest BCUT2D eigenvalue weighted by atomic mass is 16.5. The summed E-state index contributed by atoms with van der Waals surface area (Å²) in [6.45, 7) is 4.12. The van der Waals surface area contributed by atoms with Crippen molar-refractivity contribution >= 4 is 5.97 Å². The van der Waals surface area contributed by atoms with Gasteiger partial charge in [-0.05, 0) is 31.4 Å². The molecule has 4 nitrogen and oxygen atoms in total. The summed E-state index contributed by atoms with van der Waals surface area (Å²) in [6.07, 6.45) is 0.853. The maximum Gasteiger partial charge on any atom is 0.306 e. The number of rotatable bonds is 6. The molecule has 2 N–H and O–H groups in total. The average Bonchev–Trinajstić information content (AvgIpc) is 2.30. The number of phenols is 1. The van der Waals surface area contributed by atoms with Crippen LogP contribution >= 0.6 is 0 Å². The van der Waals surface area contributed by atoms with Crippen molar-refractivity contribution in [3.63, 3.8) is 0 Å². The molecule has 0 aliphatic heterocycles. The lowest BCUT2D eigenvalue weighted by Gasteiger charge is -2.13. The van der Waals surface area contributed by atoms with Crippen LogP contribution in [0.3, 0.4) is 0 Å². The predicted molar refractivity (Wildman–Crippen MR) is 64.4 cm³/mol. The summed E-state index contributed by atoms with van der Waals surface area (Å²) < 4.78 is 5.26. The second-order valence-electron chi connectivity index (χ2n) is 3.84. The SMILES string of the molecule is CCOc1cccc(CC(CC)C(=O)O)c1O. The Morgan fingerprint density at radius 2 is 2.12 bits per heavy atom. The van der Waals surface area contributed by atoms with Crippen molar-refractivity contribution in [1.29, 1.82) is 0 Å². The Morgan fingerprint density at radius 3 is 2.65 bits per heavy atom. The van der Waals surface area contributed by atoms with E-state index in [4.69, 9.17) is 9.84 Å². The molecular weight excluding hydrogens is 220 g/mol. The van der Waals surface area contributed by atoms with Crippen LogP contribution in [0.5, 0.6) is 11.5 Å². The van der Waals surface area contributed by atoms with Crippen LogP contribution in [0.4, 0.5) is 0 Å². The first-order valence-corrected chi connectivity index (χ1v) is 5.76. The van der Waals surface area contributed by atoms with Crippen LogP contribution < -0.4 is 4.74 Å². The molecular formula is C13H18O4. The molecule has 1 aromatic rings. The monoisotopic (exact) mass is 238 g/mol. The first-order chi connectivity index (χ1) is 8.10. The minimum atomic E-state index is -0.839. The molecule has 0 aromatic heterocycles. The lowest BCUT2D eigenvalue weighted by molar-refractivity contribution is -0.141. The van der Waals surface area contributed by atoms with Gasteiger partial charge in [-0.25, -0.2) is 0 Å². The van der Waals surface area contributed by atoms with Crippen molar-refractivity contribution in [2.75, 3.05) is 6.61 Å². The fraction of sp³-hybridized carbons (Fsp3) is 0.462. The molecule has 17 heavy (non-hydrogen) atoms. The zero-order chi connectivity index (χ0) is 12.8. The number of para-hydroxylation sites is 1. The van der Waals surface area contributed by atoms with Crippen LogP contribution in [0.1, 0.15) is 25.8 Å². The molecule has 0 heterocycles. The smallest absolute Gasteiger partial charge is 0.306 e. The van der Waals surface area contributed by atoms with Gasteiger partial charge in [0.2, 0.25) is 0 Å². The van der Waals surface area contributed by atoms with Crippen LogP contribution in [0.25, 0.3) is 0 Å². The minimum absolute atomic E-state index is 0.0500. The normalized spacial score (nSPS) is 12.1. The van der Waals surface area contributed by atoms with Crippen LogP contribution in [0, 0.1) is 5.92 Å². The third-order valence-corrected chi connectivity index (χ3v) is 2.69. The van der Waals surface area contributed by atoms with E-state index in [0.717, 1.165) is 0 Å². The highest BCUT2D eigenvalue weighted by Crippen LogP contribution is 2.31. The Bertz CT molecular complexity index is 387. The standard InChI is InChI=1S/C13H18O4/c1-3-9(13(15)16)8-10-6-5-7-11(12(10)14)17-4-2/h5-7,9,14H,3-4,8H2,1-2H3,(H,15,16). The highest BCUT2D eigenvalue weighted by molar-refractivity contribution is 5.70. The van der Waals surface area contributed by atoms with E-state index in [1.54, 1.807) is 18.2 Å². The predicted octanol–water partition coefficient (Wildman–Crippen LogP) is 2.44. The summed E-state index contributed by atoms with van der Waals surface area (Å²) >= 11 is 0. The average molecular weight is 238 g/mol. The number of carboxylic acid groups (broad SMARTS) is 1. The number of benzene rings is 1. The van der Waals surface area contributed by atoms with E-state index in [9.17, 15) is 9.90 Å². The molecule has 0 spiro atoms. The fourth-order valence-electron chi connectivity index (χ4n) is 1.68. The highest BCUT2D eigenvalue weighted by Gasteiger charge is 2.18. The molecule has 0 fully saturated rings. The van der Waals surface area contributed by atoms with Gasteiger partial charge in [0.15, 0.2) is 11.5 Å². The largest absolute Gasteiger partial charge is 0.504 e. The summed E-state index contributed by atoms with van der Waals surface area (Å²) in [5.41, 5.74) is 0.616. The zero-order valence-electron chi connectivity index (χ0n) is 10.1. The van der Waals surface area contributed by atoms with Gasteiger partial charge in [0.1, 0.15) is 0 Å². The minimum Gasteiger partial charge on any atom is -0.504 e. The topological polar surface area (TPSA) is 66.8 Å². The van der Waals surface area contributed by atoms with Crippen molar-refractivity contribution in [2.24, 2.45) is 5.92 Å². The zero-order valence-corrected chi connectivity index (χ0v) is 10.1. The summed E-state index contributed by atoms with van der Waals surface area (Å²) in [5, 5.41) is 18.9. The van der Waals surface area contributed by atoms with Crippen molar-refractivity contribution < 1.29 is 19.7 Å². The Morgan fingerprint density at radius 1 is 1.41 bits per heavy atom. The number of aromatic hydroxyl groups is 1. The van der Waals surface area contributed by atoms with Gasteiger partial charge in [0, 0.05) is 0 Å². The van der Waals surface area contributed by atoms with Gasteiger partial charge in [-0.1, -0.05) is 19.1 Å². The summed E-state index contributed by atoms with van der Waals surface area (Å²) in [4.78, 5) is 10.9. The number of aliphatic carboxylic acids is 1. The summed E-state index contributed by atoms with van der Waals surface area (Å²) in [6, 6.07) is 5.15. The first kappa shape index (κ1) is 13.4. The number of carbonyl (C=O) groups is 1. The second kappa shape index (κ2) is 6.13. The number of ether oxygens (including phenoxy) is 1. The van der Waals surface area contributed by atoms with Gasteiger partial charge in [0.25, 0.3) is 0 Å². The van der Waals surface area contributed by atoms with E-state index in [1.807, 2.05) is 13.8 Å². The van der Waals surface area contributed by atoms with E-state index in [1.165, 1.54) is 0 Å². The Balaban J connectivity index is 2.90. The first-order valence-electron chi connectivity index (χ1n) is 5.76. The van der Waals surface area contributed by atoms with E-state index in [-0.39, 0.29) is 5.75 Å². The van der Waals surface area contributed by atoms with E-state index in [0.29, 0.717) is 30.8 Å². The molecule has 0 amide bonds. The molecule has 1 atom stereocenters. The number of hydrogen-bond acceptors (Lipinski definition) is 3. The summed E-state index contributed by atoms with van der Waals surface area (Å²) in [7, 11) is 0. The molecule has 0 saturated carbocycles. The van der Waals surface area contributed by atoms with Gasteiger partial charge in [-0.2, -0.15) is 0 Å². The molecule has 1 aromatic carbocycles. The van der Waals surface area contributed by atoms with Crippen molar-refractivity contribution in [1.82, 2.24) is 0 Å². The van der Waals surface area contributed by atoms with Crippen molar-refractivity contribution in [3.05, 3.63) is 23.8 Å². The molecule has 4 heteroatoms. The number of phenolic OH excluding ortho intramolecular Hbond substituents is 1. The number of carboxylic acids is 1. The van der Waals surface area contributed by atoms with Crippen LogP contribution in [0.15, 0.2) is 18.2 Å². The van der Waals surface area contributed by atoms with E-state index < -0.39 is 11.9 Å². The van der Waals surface area contributed by atoms with Gasteiger partial charge in [-0.3, -0.25) is 4.79 Å². The third kappa shape index (κ3) is 3.37. The Labute approximate surface area is 101 Å².